The summed E-state index contributed by atoms with van der Waals surface area (Å²) in [5, 5.41) is 10.6. The maximum atomic E-state index is 13.6. The zero-order valence-corrected chi connectivity index (χ0v) is 18.9. The normalized spacial score (nSPS) is 19.5. The Balaban J connectivity index is 2.15. The summed E-state index contributed by atoms with van der Waals surface area (Å²) < 4.78 is 64.0. The second-order valence-electron chi connectivity index (χ2n) is 7.28. The van der Waals surface area contributed by atoms with Crippen LogP contribution in [-0.4, -0.2) is 58.2 Å². The van der Waals surface area contributed by atoms with Crippen LogP contribution in [0.4, 0.5) is 24.5 Å². The Morgan fingerprint density at radius 3 is 2.06 bits per heavy atom. The molecule has 12 heteroatoms. The van der Waals surface area contributed by atoms with E-state index >= 15 is 0 Å². The molecule has 0 bridgehead atoms. The lowest BCUT2D eigenvalue weighted by Gasteiger charge is -2.26. The van der Waals surface area contributed by atoms with Crippen molar-refractivity contribution in [2.45, 2.75) is 16.8 Å². The van der Waals surface area contributed by atoms with E-state index in [-0.39, 0.29) is 32.0 Å². The van der Waals surface area contributed by atoms with Gasteiger partial charge in [-0.1, -0.05) is 23.2 Å². The molecule has 1 aliphatic rings. The van der Waals surface area contributed by atoms with E-state index in [9.17, 15) is 26.7 Å². The molecular weight excluding hydrogens is 478 g/mol. The Labute approximate surface area is 187 Å². The molecule has 2 aromatic rings. The Morgan fingerprint density at radius 1 is 1.13 bits per heavy atom. The molecule has 3 rings (SSSR count). The lowest BCUT2D eigenvalue weighted by molar-refractivity contribution is -0.249. The van der Waals surface area contributed by atoms with Crippen LogP contribution < -0.4 is 9.80 Å². The SMILES string of the molecule is CN(C)c1c(Cl)cc(C2=NC(O)(C(F)(F)F)CN2c2ccc(S(C)(=O)=O)cc2)cc1Cl. The van der Waals surface area contributed by atoms with E-state index in [0.717, 1.165) is 11.2 Å². The number of aliphatic imine (C=N–C) groups is 1. The van der Waals surface area contributed by atoms with Crippen LogP contribution in [0.2, 0.25) is 10.0 Å². The lowest BCUT2D eigenvalue weighted by Crippen LogP contribution is -2.47. The molecule has 1 atom stereocenters. The van der Waals surface area contributed by atoms with Crippen LogP contribution in [0.1, 0.15) is 5.56 Å². The minimum Gasteiger partial charge on any atom is -0.375 e. The summed E-state index contributed by atoms with van der Waals surface area (Å²) in [5.74, 6) is -0.207. The van der Waals surface area contributed by atoms with Gasteiger partial charge in [-0.05, 0) is 36.4 Å². The number of benzene rings is 2. The molecule has 2 aromatic carbocycles. The average molecular weight is 496 g/mol. The molecule has 1 heterocycles. The smallest absolute Gasteiger partial charge is 0.375 e. The van der Waals surface area contributed by atoms with Gasteiger partial charge in [0.25, 0.3) is 5.72 Å². The maximum absolute atomic E-state index is 13.6. The van der Waals surface area contributed by atoms with Gasteiger partial charge in [0.1, 0.15) is 5.84 Å². The number of sulfone groups is 1. The Kier molecular flexibility index (Phi) is 5.98. The van der Waals surface area contributed by atoms with E-state index < -0.39 is 28.3 Å². The third-order valence-corrected chi connectivity index (χ3v) is 6.38. The molecule has 1 unspecified atom stereocenters. The summed E-state index contributed by atoms with van der Waals surface area (Å²) in [7, 11) is -0.0843. The number of hydrogen-bond donors (Lipinski definition) is 1. The highest BCUT2D eigenvalue weighted by molar-refractivity contribution is 7.90. The number of anilines is 2. The molecule has 0 saturated heterocycles. The number of aliphatic hydroxyl groups is 1. The number of β-amino-alcohol motifs (C(OH)–C–C–N with tert-alkyl or cyclic N) is 1. The van der Waals surface area contributed by atoms with Crippen molar-refractivity contribution in [2.24, 2.45) is 4.99 Å². The van der Waals surface area contributed by atoms with Crippen molar-refractivity contribution in [3.05, 3.63) is 52.0 Å². The highest BCUT2D eigenvalue weighted by Gasteiger charge is 2.59. The van der Waals surface area contributed by atoms with Gasteiger partial charge in [0.15, 0.2) is 9.84 Å². The molecule has 0 aliphatic carbocycles. The van der Waals surface area contributed by atoms with Gasteiger partial charge in [0, 0.05) is 31.6 Å². The van der Waals surface area contributed by atoms with E-state index in [1.54, 1.807) is 19.0 Å². The van der Waals surface area contributed by atoms with Crippen molar-refractivity contribution in [1.82, 2.24) is 0 Å². The molecular formula is C19H18Cl2F3N3O3S. The van der Waals surface area contributed by atoms with Gasteiger partial charge in [-0.3, -0.25) is 0 Å². The molecule has 1 aliphatic heterocycles. The topological polar surface area (TPSA) is 73.2 Å². The molecule has 6 nitrogen and oxygen atoms in total. The third-order valence-electron chi connectivity index (χ3n) is 4.68. The fourth-order valence-corrected chi connectivity index (χ4v) is 4.60. The number of alkyl halides is 3. The number of halogens is 5. The maximum Gasteiger partial charge on any atom is 0.440 e. The largest absolute Gasteiger partial charge is 0.440 e. The second kappa shape index (κ2) is 7.84. The first-order valence-electron chi connectivity index (χ1n) is 8.77. The summed E-state index contributed by atoms with van der Waals surface area (Å²) in [6, 6.07) is 8.02. The molecule has 0 fully saturated rings. The summed E-state index contributed by atoms with van der Waals surface area (Å²) in [6.45, 7) is -0.922. The Bertz CT molecular complexity index is 1130. The number of amidine groups is 1. The van der Waals surface area contributed by atoms with Crippen LogP contribution >= 0.6 is 23.2 Å². The van der Waals surface area contributed by atoms with Crippen molar-refractivity contribution < 1.29 is 26.7 Å². The molecule has 0 saturated carbocycles. The third kappa shape index (κ3) is 4.48. The molecule has 0 spiro atoms. The van der Waals surface area contributed by atoms with Gasteiger partial charge >= 0.3 is 6.18 Å². The molecule has 0 aromatic heterocycles. The van der Waals surface area contributed by atoms with Crippen molar-refractivity contribution in [3.8, 4) is 0 Å². The molecule has 31 heavy (non-hydrogen) atoms. The zero-order valence-electron chi connectivity index (χ0n) is 16.6. The van der Waals surface area contributed by atoms with E-state index in [4.69, 9.17) is 23.2 Å². The summed E-state index contributed by atoms with van der Waals surface area (Å²) in [5.41, 5.74) is -2.53. The van der Waals surface area contributed by atoms with Crippen LogP contribution in [0.15, 0.2) is 46.3 Å². The molecule has 0 amide bonds. The first-order chi connectivity index (χ1) is 14.1. The number of nitrogens with zero attached hydrogens (tertiary/aromatic N) is 3. The first-order valence-corrected chi connectivity index (χ1v) is 11.4. The number of rotatable bonds is 4. The van der Waals surface area contributed by atoms with E-state index in [2.05, 4.69) is 4.99 Å². The van der Waals surface area contributed by atoms with Gasteiger partial charge in [-0.25, -0.2) is 13.4 Å². The van der Waals surface area contributed by atoms with E-state index in [1.807, 2.05) is 0 Å². The average Bonchev–Trinajstić information content (AvgIpc) is 2.99. The molecule has 1 N–H and O–H groups in total. The zero-order chi connectivity index (χ0) is 23.4. The molecule has 168 valence electrons. The standard InChI is InChI=1S/C19H18Cl2F3N3O3S/c1-26(2)16-14(20)8-11(9-15(16)21)17-25-18(28,19(22,23)24)10-27(17)12-4-6-13(7-5-12)31(3,29)30/h4-9,28H,10H2,1-3H3. The van der Waals surface area contributed by atoms with Crippen LogP contribution in [0, 0.1) is 0 Å². The monoisotopic (exact) mass is 495 g/mol. The van der Waals surface area contributed by atoms with E-state index in [1.165, 1.54) is 36.4 Å². The van der Waals surface area contributed by atoms with Crippen molar-refractivity contribution in [3.63, 3.8) is 0 Å². The van der Waals surface area contributed by atoms with Crippen LogP contribution in [-0.2, 0) is 9.84 Å². The van der Waals surface area contributed by atoms with Crippen LogP contribution in [0.3, 0.4) is 0 Å². The minimum absolute atomic E-state index is 0.00134. The highest BCUT2D eigenvalue weighted by atomic mass is 35.5. The van der Waals surface area contributed by atoms with Crippen molar-refractivity contribution >= 4 is 50.2 Å². The quantitative estimate of drug-likeness (QED) is 0.694. The summed E-state index contributed by atoms with van der Waals surface area (Å²) in [6.07, 6.45) is -4.03. The van der Waals surface area contributed by atoms with Crippen LogP contribution in [0.25, 0.3) is 0 Å². The first kappa shape index (κ1) is 23.6. The number of hydrogen-bond acceptors (Lipinski definition) is 6. The Morgan fingerprint density at radius 2 is 1.65 bits per heavy atom. The van der Waals surface area contributed by atoms with E-state index in [0.29, 0.717) is 5.69 Å². The van der Waals surface area contributed by atoms with Gasteiger partial charge in [0.05, 0.1) is 27.2 Å². The summed E-state index contributed by atoms with van der Waals surface area (Å²) in [4.78, 5) is 6.36. The van der Waals surface area contributed by atoms with Gasteiger partial charge in [0.2, 0.25) is 0 Å². The van der Waals surface area contributed by atoms with Gasteiger partial charge < -0.3 is 14.9 Å². The van der Waals surface area contributed by atoms with Crippen molar-refractivity contribution in [1.29, 1.82) is 0 Å². The van der Waals surface area contributed by atoms with Gasteiger partial charge in [-0.15, -0.1) is 0 Å². The predicted octanol–water partition coefficient (Wildman–Crippen LogP) is 3.98. The molecule has 0 radical (unpaired) electrons. The van der Waals surface area contributed by atoms with Crippen LogP contribution in [0.5, 0.6) is 0 Å². The fraction of sp³-hybridized carbons (Fsp3) is 0.316. The lowest BCUT2D eigenvalue weighted by atomic mass is 10.1. The minimum atomic E-state index is -5.04. The van der Waals surface area contributed by atoms with Gasteiger partial charge in [-0.2, -0.15) is 13.2 Å². The fourth-order valence-electron chi connectivity index (χ4n) is 3.15. The van der Waals surface area contributed by atoms with Crippen molar-refractivity contribution in [2.75, 3.05) is 36.7 Å². The summed E-state index contributed by atoms with van der Waals surface area (Å²) >= 11 is 12.6. The highest BCUT2D eigenvalue weighted by Crippen LogP contribution is 2.41. The predicted molar refractivity (Wildman–Crippen MR) is 115 cm³/mol. The second-order valence-corrected chi connectivity index (χ2v) is 10.1. The Hall–Kier alpha value is -2.01.